The van der Waals surface area contributed by atoms with Gasteiger partial charge in [-0.3, -0.25) is 4.79 Å². The van der Waals surface area contributed by atoms with Gasteiger partial charge in [0.05, 0.1) is 17.5 Å². The quantitative estimate of drug-likeness (QED) is 0.712. The SMILES string of the molecule is Cc1c(C(=O)N2CCc3c(cccc3C(C)C)C2)cnn1-c1ccccn1. The Hall–Kier alpha value is -2.95. The van der Waals surface area contributed by atoms with Crippen molar-refractivity contribution in [3.05, 3.63) is 76.7 Å². The molecule has 0 bridgehead atoms. The van der Waals surface area contributed by atoms with E-state index in [9.17, 15) is 4.79 Å². The molecule has 138 valence electrons. The molecule has 0 atom stereocenters. The highest BCUT2D eigenvalue weighted by molar-refractivity contribution is 5.95. The second kappa shape index (κ2) is 6.99. The van der Waals surface area contributed by atoms with Crippen LogP contribution < -0.4 is 0 Å². The molecule has 5 nitrogen and oxygen atoms in total. The molecule has 5 heteroatoms. The summed E-state index contributed by atoms with van der Waals surface area (Å²) in [4.78, 5) is 19.4. The first-order valence-electron chi connectivity index (χ1n) is 9.42. The lowest BCUT2D eigenvalue weighted by Crippen LogP contribution is -2.36. The van der Waals surface area contributed by atoms with Gasteiger partial charge < -0.3 is 4.90 Å². The monoisotopic (exact) mass is 360 g/mol. The molecule has 0 saturated heterocycles. The van der Waals surface area contributed by atoms with E-state index in [-0.39, 0.29) is 5.91 Å². The van der Waals surface area contributed by atoms with Gasteiger partial charge in [0.2, 0.25) is 0 Å². The Labute approximate surface area is 159 Å². The van der Waals surface area contributed by atoms with Gasteiger partial charge in [0, 0.05) is 19.3 Å². The fourth-order valence-corrected chi connectivity index (χ4v) is 3.85. The minimum Gasteiger partial charge on any atom is -0.334 e. The van der Waals surface area contributed by atoms with Crippen molar-refractivity contribution in [3.63, 3.8) is 0 Å². The van der Waals surface area contributed by atoms with Crippen LogP contribution in [0.3, 0.4) is 0 Å². The largest absolute Gasteiger partial charge is 0.334 e. The normalized spacial score (nSPS) is 13.7. The highest BCUT2D eigenvalue weighted by Crippen LogP contribution is 2.28. The third kappa shape index (κ3) is 3.14. The fourth-order valence-electron chi connectivity index (χ4n) is 3.85. The summed E-state index contributed by atoms with van der Waals surface area (Å²) in [6.07, 6.45) is 4.29. The van der Waals surface area contributed by atoms with Crippen molar-refractivity contribution in [1.82, 2.24) is 19.7 Å². The Morgan fingerprint density at radius 3 is 2.74 bits per heavy atom. The molecule has 0 saturated carbocycles. The molecule has 0 N–H and O–H groups in total. The molecule has 2 aromatic heterocycles. The second-order valence-corrected chi connectivity index (χ2v) is 7.36. The molecule has 1 aliphatic rings. The number of fused-ring (bicyclic) bond motifs is 1. The van der Waals surface area contributed by atoms with Gasteiger partial charge in [-0.2, -0.15) is 5.10 Å². The van der Waals surface area contributed by atoms with Crippen LogP contribution in [0, 0.1) is 6.92 Å². The Balaban J connectivity index is 1.60. The zero-order chi connectivity index (χ0) is 19.0. The predicted octanol–water partition coefficient (Wildman–Crippen LogP) is 3.90. The number of aromatic nitrogens is 3. The Bertz CT molecular complexity index is 975. The lowest BCUT2D eigenvalue weighted by atomic mass is 9.89. The minimum absolute atomic E-state index is 0.0373. The Morgan fingerprint density at radius 1 is 1.15 bits per heavy atom. The average Bonchev–Trinajstić information content (AvgIpc) is 3.08. The number of hydrogen-bond donors (Lipinski definition) is 0. The Kier molecular flexibility index (Phi) is 4.52. The van der Waals surface area contributed by atoms with Gasteiger partial charge >= 0.3 is 0 Å². The molecule has 3 heterocycles. The molecule has 0 aliphatic carbocycles. The topological polar surface area (TPSA) is 51.0 Å². The van der Waals surface area contributed by atoms with Gasteiger partial charge in [0.25, 0.3) is 5.91 Å². The van der Waals surface area contributed by atoms with Crippen molar-refractivity contribution < 1.29 is 4.79 Å². The maximum absolute atomic E-state index is 13.1. The maximum Gasteiger partial charge on any atom is 0.257 e. The van der Waals surface area contributed by atoms with Gasteiger partial charge in [-0.05, 0) is 48.1 Å². The van der Waals surface area contributed by atoms with E-state index in [1.807, 2.05) is 30.0 Å². The Morgan fingerprint density at radius 2 is 2.00 bits per heavy atom. The number of carbonyl (C=O) groups excluding carboxylic acids is 1. The molecular formula is C22H24N4O. The van der Waals surface area contributed by atoms with Crippen LogP contribution in [-0.2, 0) is 13.0 Å². The zero-order valence-corrected chi connectivity index (χ0v) is 16.0. The molecule has 1 amide bonds. The predicted molar refractivity (Wildman–Crippen MR) is 105 cm³/mol. The number of amides is 1. The number of nitrogens with zero attached hydrogens (tertiary/aromatic N) is 4. The lowest BCUT2D eigenvalue weighted by molar-refractivity contribution is 0.0733. The van der Waals surface area contributed by atoms with Crippen LogP contribution >= 0.6 is 0 Å². The van der Waals surface area contributed by atoms with Crippen LogP contribution in [-0.4, -0.2) is 32.1 Å². The van der Waals surface area contributed by atoms with E-state index in [2.05, 4.69) is 42.1 Å². The molecule has 1 aliphatic heterocycles. The van der Waals surface area contributed by atoms with Gasteiger partial charge in [-0.25, -0.2) is 9.67 Å². The summed E-state index contributed by atoms with van der Waals surface area (Å²) < 4.78 is 1.72. The van der Waals surface area contributed by atoms with Crippen LogP contribution in [0.1, 0.15) is 52.5 Å². The summed E-state index contributed by atoms with van der Waals surface area (Å²) in [5.41, 5.74) is 5.54. The average molecular weight is 360 g/mol. The number of pyridine rings is 1. The van der Waals surface area contributed by atoms with Crippen molar-refractivity contribution in [2.75, 3.05) is 6.54 Å². The lowest BCUT2D eigenvalue weighted by Gasteiger charge is -2.31. The summed E-state index contributed by atoms with van der Waals surface area (Å²) in [6, 6.07) is 12.1. The number of rotatable bonds is 3. The third-order valence-electron chi connectivity index (χ3n) is 5.32. The van der Waals surface area contributed by atoms with Crippen LogP contribution in [0.25, 0.3) is 5.82 Å². The van der Waals surface area contributed by atoms with Crippen molar-refractivity contribution in [2.45, 2.75) is 39.7 Å². The van der Waals surface area contributed by atoms with Crippen LogP contribution in [0.2, 0.25) is 0 Å². The summed E-state index contributed by atoms with van der Waals surface area (Å²) in [5, 5.41) is 4.39. The van der Waals surface area contributed by atoms with Gasteiger partial charge in [0.15, 0.2) is 5.82 Å². The molecular weight excluding hydrogens is 336 g/mol. The van der Waals surface area contributed by atoms with E-state index in [1.54, 1.807) is 17.1 Å². The van der Waals surface area contributed by atoms with E-state index in [0.717, 1.165) is 24.5 Å². The summed E-state index contributed by atoms with van der Waals surface area (Å²) >= 11 is 0. The first-order valence-corrected chi connectivity index (χ1v) is 9.42. The summed E-state index contributed by atoms with van der Waals surface area (Å²) in [7, 11) is 0. The fraction of sp³-hybridized carbons (Fsp3) is 0.318. The minimum atomic E-state index is 0.0373. The smallest absolute Gasteiger partial charge is 0.257 e. The molecule has 1 aromatic carbocycles. The molecule has 0 unspecified atom stereocenters. The van der Waals surface area contributed by atoms with Crippen LogP contribution in [0.5, 0.6) is 0 Å². The van der Waals surface area contributed by atoms with Gasteiger partial charge in [-0.1, -0.05) is 38.1 Å². The first kappa shape index (κ1) is 17.5. The van der Waals surface area contributed by atoms with Crippen LogP contribution in [0.4, 0.5) is 0 Å². The number of hydrogen-bond acceptors (Lipinski definition) is 3. The van der Waals surface area contributed by atoms with E-state index < -0.39 is 0 Å². The van der Waals surface area contributed by atoms with Gasteiger partial charge in [-0.15, -0.1) is 0 Å². The van der Waals surface area contributed by atoms with Crippen molar-refractivity contribution in [3.8, 4) is 5.82 Å². The van der Waals surface area contributed by atoms with Crippen molar-refractivity contribution >= 4 is 5.91 Å². The standard InChI is InChI=1S/C22H24N4O/c1-15(2)18-8-6-7-17-14-25(12-10-19(17)18)22(27)20-13-24-26(16(20)3)21-9-4-5-11-23-21/h4-9,11,13,15H,10,12,14H2,1-3H3. The molecule has 0 spiro atoms. The summed E-state index contributed by atoms with van der Waals surface area (Å²) in [5.74, 6) is 1.26. The first-order chi connectivity index (χ1) is 13.1. The van der Waals surface area contributed by atoms with Crippen molar-refractivity contribution in [1.29, 1.82) is 0 Å². The van der Waals surface area contributed by atoms with Crippen molar-refractivity contribution in [2.24, 2.45) is 0 Å². The molecule has 3 aromatic rings. The van der Waals surface area contributed by atoms with Gasteiger partial charge in [0.1, 0.15) is 0 Å². The molecule has 27 heavy (non-hydrogen) atoms. The second-order valence-electron chi connectivity index (χ2n) is 7.36. The van der Waals surface area contributed by atoms with E-state index in [4.69, 9.17) is 0 Å². The number of carbonyl (C=O) groups is 1. The highest BCUT2D eigenvalue weighted by Gasteiger charge is 2.26. The highest BCUT2D eigenvalue weighted by atomic mass is 16.2. The number of benzene rings is 1. The molecule has 0 fully saturated rings. The van der Waals surface area contributed by atoms with E-state index in [0.29, 0.717) is 18.0 Å². The third-order valence-corrected chi connectivity index (χ3v) is 5.32. The maximum atomic E-state index is 13.1. The van der Waals surface area contributed by atoms with Crippen LogP contribution in [0.15, 0.2) is 48.8 Å². The zero-order valence-electron chi connectivity index (χ0n) is 16.0. The summed E-state index contributed by atoms with van der Waals surface area (Å²) in [6.45, 7) is 7.77. The van der Waals surface area contributed by atoms with E-state index in [1.165, 1.54) is 16.7 Å². The molecule has 4 rings (SSSR count). The van der Waals surface area contributed by atoms with E-state index >= 15 is 0 Å². The molecule has 0 radical (unpaired) electrons.